The molecule has 2 aliphatic heterocycles. The van der Waals surface area contributed by atoms with Gasteiger partial charge in [-0.3, -0.25) is 4.90 Å². The second kappa shape index (κ2) is 9.77. The lowest BCUT2D eigenvalue weighted by Gasteiger charge is -2.36. The second-order valence-corrected chi connectivity index (χ2v) is 9.32. The fourth-order valence-corrected chi connectivity index (χ4v) is 4.19. The van der Waals surface area contributed by atoms with Crippen molar-refractivity contribution in [3.8, 4) is 0 Å². The molecule has 31 heavy (non-hydrogen) atoms. The van der Waals surface area contributed by atoms with Crippen molar-refractivity contribution in [3.05, 3.63) is 33.2 Å². The highest BCUT2D eigenvalue weighted by molar-refractivity contribution is 5.70. The second-order valence-electron chi connectivity index (χ2n) is 9.32. The minimum absolute atomic E-state index is 0.245. The van der Waals surface area contributed by atoms with Crippen LogP contribution in [0.4, 0.5) is 16.2 Å². The monoisotopic (exact) mass is 429 g/mol. The lowest BCUT2D eigenvalue weighted by Crippen LogP contribution is -2.49. The van der Waals surface area contributed by atoms with Crippen molar-refractivity contribution < 1.29 is 9.53 Å². The van der Waals surface area contributed by atoms with Gasteiger partial charge in [0, 0.05) is 75.2 Å². The van der Waals surface area contributed by atoms with Crippen LogP contribution in [-0.4, -0.2) is 73.9 Å². The number of anilines is 1. The Morgan fingerprint density at radius 2 is 1.77 bits per heavy atom. The van der Waals surface area contributed by atoms with Gasteiger partial charge >= 0.3 is 6.09 Å². The zero-order valence-electron chi connectivity index (χ0n) is 19.4. The molecule has 1 aromatic rings. The fraction of sp³-hybridized carbons (Fsp3) is 0.682. The Bertz CT molecular complexity index is 844. The number of carbonyl (C=O) groups excluding carboxylic acids is 1. The molecule has 0 unspecified atom stereocenters. The van der Waals surface area contributed by atoms with Crippen molar-refractivity contribution in [2.75, 3.05) is 57.3 Å². The molecule has 0 radical (unpaired) electrons. The molecule has 9 heteroatoms. The van der Waals surface area contributed by atoms with Gasteiger partial charge in [-0.05, 0) is 62.9 Å². The standard InChI is InChI=1S/C22H35N7O2/c1-16-18(15-27-10-12-29(13-11-27)21(30)31-22(3,4)5)14-19(17(2)20(16)25-26-23)28-8-6-24-7-9-28/h14,24H,6-13,15H2,1-5H3. The average molecular weight is 430 g/mol. The molecule has 0 saturated carbocycles. The van der Waals surface area contributed by atoms with Gasteiger partial charge in [0.25, 0.3) is 0 Å². The predicted molar refractivity (Wildman–Crippen MR) is 123 cm³/mol. The SMILES string of the molecule is Cc1c(CN2CCN(C(=O)OC(C)(C)C)CC2)cc(N2CCNCC2)c(C)c1N=[N+]=[N-]. The first kappa shape index (κ1) is 23.2. The van der Waals surface area contributed by atoms with E-state index in [9.17, 15) is 4.79 Å². The summed E-state index contributed by atoms with van der Waals surface area (Å²) in [5, 5.41) is 7.42. The highest BCUT2D eigenvalue weighted by atomic mass is 16.6. The largest absolute Gasteiger partial charge is 0.444 e. The van der Waals surface area contributed by atoms with Crippen molar-refractivity contribution >= 4 is 17.5 Å². The maximum atomic E-state index is 12.3. The van der Waals surface area contributed by atoms with Crippen molar-refractivity contribution in [2.24, 2.45) is 5.11 Å². The number of hydrogen-bond donors (Lipinski definition) is 1. The first-order valence-corrected chi connectivity index (χ1v) is 11.0. The molecule has 1 amide bonds. The number of hydrogen-bond acceptors (Lipinski definition) is 6. The van der Waals surface area contributed by atoms with E-state index < -0.39 is 5.60 Å². The Hall–Kier alpha value is -2.48. The summed E-state index contributed by atoms with van der Waals surface area (Å²) >= 11 is 0. The molecule has 2 heterocycles. The van der Waals surface area contributed by atoms with Gasteiger partial charge < -0.3 is 19.9 Å². The number of benzene rings is 1. The van der Waals surface area contributed by atoms with Crippen LogP contribution >= 0.6 is 0 Å². The van der Waals surface area contributed by atoms with E-state index in [1.807, 2.05) is 34.6 Å². The summed E-state index contributed by atoms with van der Waals surface area (Å²) in [6.07, 6.45) is -0.245. The summed E-state index contributed by atoms with van der Waals surface area (Å²) in [5.74, 6) is 0. The van der Waals surface area contributed by atoms with Crippen LogP contribution in [0.25, 0.3) is 10.4 Å². The Kier molecular flexibility index (Phi) is 7.30. The van der Waals surface area contributed by atoms with Gasteiger partial charge in [0.15, 0.2) is 0 Å². The molecule has 3 rings (SSSR count). The topological polar surface area (TPSA) is 96.8 Å². The van der Waals surface area contributed by atoms with Crippen molar-refractivity contribution in [1.29, 1.82) is 0 Å². The van der Waals surface area contributed by atoms with Gasteiger partial charge in [0.2, 0.25) is 0 Å². The minimum Gasteiger partial charge on any atom is -0.444 e. The predicted octanol–water partition coefficient (Wildman–Crippen LogP) is 3.71. The maximum absolute atomic E-state index is 12.3. The maximum Gasteiger partial charge on any atom is 0.410 e. The van der Waals surface area contributed by atoms with E-state index in [4.69, 9.17) is 10.3 Å². The van der Waals surface area contributed by atoms with Gasteiger partial charge in [0.05, 0.1) is 0 Å². The number of nitrogens with one attached hydrogen (secondary N) is 1. The number of rotatable bonds is 4. The minimum atomic E-state index is -0.481. The molecule has 0 aliphatic carbocycles. The molecule has 2 saturated heterocycles. The third-order valence-corrected chi connectivity index (χ3v) is 5.91. The van der Waals surface area contributed by atoms with E-state index in [2.05, 4.69) is 31.2 Å². The average Bonchev–Trinajstić information content (AvgIpc) is 2.73. The van der Waals surface area contributed by atoms with Gasteiger partial charge in [-0.15, -0.1) is 0 Å². The quantitative estimate of drug-likeness (QED) is 0.447. The summed E-state index contributed by atoms with van der Waals surface area (Å²) in [5.41, 5.74) is 13.8. The molecule has 170 valence electrons. The third-order valence-electron chi connectivity index (χ3n) is 5.91. The Morgan fingerprint density at radius 3 is 2.35 bits per heavy atom. The third kappa shape index (κ3) is 5.81. The summed E-state index contributed by atoms with van der Waals surface area (Å²) in [6.45, 7) is 17.1. The van der Waals surface area contributed by atoms with Crippen LogP contribution < -0.4 is 10.2 Å². The van der Waals surface area contributed by atoms with Crippen LogP contribution in [0.15, 0.2) is 11.2 Å². The summed E-state index contributed by atoms with van der Waals surface area (Å²) in [7, 11) is 0. The highest BCUT2D eigenvalue weighted by Crippen LogP contribution is 2.36. The molecule has 0 aromatic heterocycles. The lowest BCUT2D eigenvalue weighted by molar-refractivity contribution is 0.0139. The van der Waals surface area contributed by atoms with Crippen LogP contribution in [0.2, 0.25) is 0 Å². The van der Waals surface area contributed by atoms with E-state index in [0.717, 1.165) is 68.3 Å². The van der Waals surface area contributed by atoms with Gasteiger partial charge in [-0.2, -0.15) is 0 Å². The normalized spacial score (nSPS) is 18.0. The molecule has 1 aromatic carbocycles. The van der Waals surface area contributed by atoms with Crippen LogP contribution in [0.5, 0.6) is 0 Å². The van der Waals surface area contributed by atoms with Gasteiger partial charge in [0.1, 0.15) is 5.60 Å². The van der Waals surface area contributed by atoms with Crippen LogP contribution in [-0.2, 0) is 11.3 Å². The number of ether oxygens (including phenoxy) is 1. The van der Waals surface area contributed by atoms with Gasteiger partial charge in [-0.1, -0.05) is 5.11 Å². The van der Waals surface area contributed by atoms with Crippen LogP contribution in [0.3, 0.4) is 0 Å². The highest BCUT2D eigenvalue weighted by Gasteiger charge is 2.26. The van der Waals surface area contributed by atoms with Crippen LogP contribution in [0, 0.1) is 13.8 Å². The zero-order valence-corrected chi connectivity index (χ0v) is 19.4. The van der Waals surface area contributed by atoms with E-state index in [1.54, 1.807) is 4.90 Å². The van der Waals surface area contributed by atoms with Crippen molar-refractivity contribution in [3.63, 3.8) is 0 Å². The fourth-order valence-electron chi connectivity index (χ4n) is 4.19. The first-order valence-electron chi connectivity index (χ1n) is 11.0. The molecule has 2 aliphatic rings. The number of piperazine rings is 2. The zero-order chi connectivity index (χ0) is 22.6. The van der Waals surface area contributed by atoms with Crippen molar-refractivity contribution in [2.45, 2.75) is 46.8 Å². The molecular weight excluding hydrogens is 394 g/mol. The molecular formula is C22H35N7O2. The molecule has 9 nitrogen and oxygen atoms in total. The van der Waals surface area contributed by atoms with Crippen LogP contribution in [0.1, 0.15) is 37.5 Å². The molecule has 2 fully saturated rings. The molecule has 1 N–H and O–H groups in total. The number of nitrogens with zero attached hydrogens (tertiary/aromatic N) is 6. The van der Waals surface area contributed by atoms with E-state index in [-0.39, 0.29) is 6.09 Å². The van der Waals surface area contributed by atoms with E-state index in [0.29, 0.717) is 13.1 Å². The summed E-state index contributed by atoms with van der Waals surface area (Å²) < 4.78 is 5.50. The first-order chi connectivity index (χ1) is 14.7. The van der Waals surface area contributed by atoms with E-state index in [1.165, 1.54) is 5.56 Å². The Labute approximate surface area is 184 Å². The number of amides is 1. The Balaban J connectivity index is 1.75. The van der Waals surface area contributed by atoms with Crippen molar-refractivity contribution in [1.82, 2.24) is 15.1 Å². The molecule has 0 spiro atoms. The number of azide groups is 1. The number of carbonyl (C=O) groups is 1. The van der Waals surface area contributed by atoms with E-state index >= 15 is 0 Å². The summed E-state index contributed by atoms with van der Waals surface area (Å²) in [4.78, 5) is 21.9. The summed E-state index contributed by atoms with van der Waals surface area (Å²) in [6, 6.07) is 2.26. The smallest absolute Gasteiger partial charge is 0.410 e. The Morgan fingerprint density at radius 1 is 1.13 bits per heavy atom. The van der Waals surface area contributed by atoms with Gasteiger partial charge in [-0.25, -0.2) is 4.79 Å². The lowest BCUT2D eigenvalue weighted by atomic mass is 9.99. The molecule has 0 atom stereocenters. The molecule has 0 bridgehead atoms.